The molecule has 1 aliphatic carbocycles. The van der Waals surface area contributed by atoms with Gasteiger partial charge >= 0.3 is 29.8 Å². The summed E-state index contributed by atoms with van der Waals surface area (Å²) in [6.45, 7) is 0.0986. The Morgan fingerprint density at radius 1 is 0.482 bits per heavy atom. The molecule has 0 radical (unpaired) electrons. The normalized spacial score (nSPS) is 16.7. The number of fused-ring (bicyclic) bond motifs is 2. The fraction of sp³-hybridized carbons (Fsp3) is 0.109. The Labute approximate surface area is 321 Å². The lowest BCUT2D eigenvalue weighted by atomic mass is 9.67. The van der Waals surface area contributed by atoms with Crippen LogP contribution in [-0.2, 0) is 16.0 Å². The molecule has 56 heavy (non-hydrogen) atoms. The quantitative estimate of drug-likeness (QED) is 0.106. The second-order valence-electron chi connectivity index (χ2n) is 13.3. The van der Waals surface area contributed by atoms with Gasteiger partial charge in [-0.25, -0.2) is 19.2 Å². The maximum absolute atomic E-state index is 13.4. The monoisotopic (exact) mass is 744 g/mol. The third kappa shape index (κ3) is 7.40. The molecule has 1 heterocycles. The van der Waals surface area contributed by atoms with Crippen LogP contribution in [0.4, 0.5) is 0 Å². The molecule has 3 atom stereocenters. The Kier molecular flexibility index (Phi) is 9.92. The van der Waals surface area contributed by atoms with Crippen molar-refractivity contribution in [2.45, 2.75) is 12.3 Å². The molecule has 0 spiro atoms. The van der Waals surface area contributed by atoms with Gasteiger partial charge in [-0.1, -0.05) is 78.9 Å². The van der Waals surface area contributed by atoms with Crippen molar-refractivity contribution in [3.05, 3.63) is 191 Å². The number of hydrogen-bond acceptors (Lipinski definition) is 10. The number of benzene rings is 6. The van der Waals surface area contributed by atoms with E-state index in [0.717, 1.165) is 0 Å². The summed E-state index contributed by atoms with van der Waals surface area (Å²) in [5, 5.41) is 0. The predicted octanol–water partition coefficient (Wildman–Crippen LogP) is 8.04. The molecular formula is C46H32O10. The first kappa shape index (κ1) is 35.7. The summed E-state index contributed by atoms with van der Waals surface area (Å²) in [4.78, 5) is 66.6. The fourth-order valence-corrected chi connectivity index (χ4v) is 7.09. The first-order valence-electron chi connectivity index (χ1n) is 17.9. The highest BCUT2D eigenvalue weighted by Crippen LogP contribution is 2.51. The van der Waals surface area contributed by atoms with Gasteiger partial charge in [0.1, 0.15) is 0 Å². The first-order valence-corrected chi connectivity index (χ1v) is 17.9. The van der Waals surface area contributed by atoms with Crippen LogP contribution < -0.4 is 18.9 Å². The third-order valence-electron chi connectivity index (χ3n) is 9.82. The maximum Gasteiger partial charge on any atom is 0.343 e. The zero-order valence-corrected chi connectivity index (χ0v) is 29.7. The number of cyclic esters (lactones) is 1. The van der Waals surface area contributed by atoms with E-state index in [1.54, 1.807) is 146 Å². The Morgan fingerprint density at radius 2 is 0.893 bits per heavy atom. The van der Waals surface area contributed by atoms with E-state index in [9.17, 15) is 24.0 Å². The summed E-state index contributed by atoms with van der Waals surface area (Å²) in [5.74, 6) is -4.62. The molecule has 2 aliphatic rings. The van der Waals surface area contributed by atoms with Gasteiger partial charge in [0.15, 0.2) is 23.0 Å². The molecule has 1 fully saturated rings. The Bertz CT molecular complexity index is 2450. The summed E-state index contributed by atoms with van der Waals surface area (Å²) in [5.41, 5.74) is 3.07. The van der Waals surface area contributed by atoms with Crippen LogP contribution in [0.3, 0.4) is 0 Å². The van der Waals surface area contributed by atoms with Gasteiger partial charge in [0.2, 0.25) is 0 Å². The third-order valence-corrected chi connectivity index (χ3v) is 9.82. The molecule has 0 amide bonds. The lowest BCUT2D eigenvalue weighted by Crippen LogP contribution is -2.31. The number of esters is 5. The van der Waals surface area contributed by atoms with Gasteiger partial charge in [-0.05, 0) is 95.9 Å². The van der Waals surface area contributed by atoms with Crippen molar-refractivity contribution in [2.75, 3.05) is 6.61 Å². The largest absolute Gasteiger partial charge is 0.465 e. The molecule has 1 aliphatic heterocycles. The van der Waals surface area contributed by atoms with E-state index in [-0.39, 0.29) is 64.6 Å². The average molecular weight is 745 g/mol. The second kappa shape index (κ2) is 15.6. The number of hydrogen-bond donors (Lipinski definition) is 0. The summed E-state index contributed by atoms with van der Waals surface area (Å²) in [6, 6.07) is 41.7. The molecule has 10 heteroatoms. The standard InChI is InChI=1S/C46H32O10/c47-42(28-13-5-1-6-14-28)53-37-22-21-32(24-38(37)54-43(48)29-15-7-2-8-16-29)41-34-26-40(56-45(50)31-19-11-4-12-20-31)39(55-44(49)30-17-9-3-10-18-30)25-33(34)23-35-36(41)27-52-46(35)51/h1-22,24-26,35-36,41H,23,27H2/t35-,36+,41-/m1/s1. The number of ether oxygens (including phenoxy) is 5. The molecule has 0 bridgehead atoms. The van der Waals surface area contributed by atoms with Gasteiger partial charge in [0.05, 0.1) is 34.8 Å². The van der Waals surface area contributed by atoms with Gasteiger partial charge in [-0.15, -0.1) is 0 Å². The van der Waals surface area contributed by atoms with E-state index in [2.05, 4.69) is 0 Å². The predicted molar refractivity (Wildman–Crippen MR) is 202 cm³/mol. The lowest BCUT2D eigenvalue weighted by molar-refractivity contribution is -0.141. The Hall–Kier alpha value is -7.33. The average Bonchev–Trinajstić information content (AvgIpc) is 3.61. The highest BCUT2D eigenvalue weighted by Gasteiger charge is 2.47. The summed E-state index contributed by atoms with van der Waals surface area (Å²) >= 11 is 0. The number of carbonyl (C=O) groups is 5. The van der Waals surface area contributed by atoms with Crippen LogP contribution >= 0.6 is 0 Å². The van der Waals surface area contributed by atoms with Crippen molar-refractivity contribution in [1.29, 1.82) is 0 Å². The van der Waals surface area contributed by atoms with E-state index in [1.807, 2.05) is 0 Å². The Balaban J connectivity index is 1.23. The van der Waals surface area contributed by atoms with E-state index in [1.165, 1.54) is 6.07 Å². The molecule has 10 nitrogen and oxygen atoms in total. The minimum absolute atomic E-state index is 0.00105. The minimum Gasteiger partial charge on any atom is -0.465 e. The van der Waals surface area contributed by atoms with Crippen LogP contribution in [0.1, 0.15) is 64.0 Å². The van der Waals surface area contributed by atoms with E-state index < -0.39 is 35.7 Å². The van der Waals surface area contributed by atoms with E-state index >= 15 is 0 Å². The van der Waals surface area contributed by atoms with Crippen molar-refractivity contribution < 1.29 is 47.7 Å². The second-order valence-corrected chi connectivity index (χ2v) is 13.3. The SMILES string of the molecule is O=C(Oc1ccc([C@@H]2c3cc(OC(=O)c4ccccc4)c(OC(=O)c4ccccc4)cc3C[C@H]3C(=O)OC[C@H]23)cc1OC(=O)c1ccccc1)c1ccccc1. The van der Waals surface area contributed by atoms with Gasteiger partial charge < -0.3 is 23.7 Å². The highest BCUT2D eigenvalue weighted by molar-refractivity contribution is 5.94. The Morgan fingerprint density at radius 3 is 1.36 bits per heavy atom. The van der Waals surface area contributed by atoms with Gasteiger partial charge in [-0.3, -0.25) is 4.79 Å². The van der Waals surface area contributed by atoms with Crippen LogP contribution in [0.5, 0.6) is 23.0 Å². The molecule has 6 aromatic carbocycles. The summed E-state index contributed by atoms with van der Waals surface area (Å²) < 4.78 is 29.1. The smallest absolute Gasteiger partial charge is 0.343 e. The minimum atomic E-state index is -0.680. The maximum atomic E-state index is 13.4. The van der Waals surface area contributed by atoms with Crippen molar-refractivity contribution >= 4 is 29.8 Å². The molecule has 6 aromatic rings. The van der Waals surface area contributed by atoms with E-state index in [4.69, 9.17) is 23.7 Å². The van der Waals surface area contributed by atoms with Crippen LogP contribution in [0, 0.1) is 11.8 Å². The summed E-state index contributed by atoms with van der Waals surface area (Å²) in [7, 11) is 0. The van der Waals surface area contributed by atoms with Crippen LogP contribution in [0.15, 0.2) is 152 Å². The molecule has 0 N–H and O–H groups in total. The number of rotatable bonds is 9. The zero-order chi connectivity index (χ0) is 38.6. The molecule has 8 rings (SSSR count). The van der Waals surface area contributed by atoms with Crippen molar-refractivity contribution in [1.82, 2.24) is 0 Å². The summed E-state index contributed by atoms with van der Waals surface area (Å²) in [6.07, 6.45) is 0.265. The van der Waals surface area contributed by atoms with Crippen molar-refractivity contribution in [2.24, 2.45) is 11.8 Å². The highest BCUT2D eigenvalue weighted by atomic mass is 16.6. The molecular weight excluding hydrogens is 712 g/mol. The molecule has 276 valence electrons. The fourth-order valence-electron chi connectivity index (χ4n) is 7.09. The van der Waals surface area contributed by atoms with Crippen LogP contribution in [-0.4, -0.2) is 36.5 Å². The van der Waals surface area contributed by atoms with Crippen LogP contribution in [0.25, 0.3) is 0 Å². The zero-order valence-electron chi connectivity index (χ0n) is 29.7. The van der Waals surface area contributed by atoms with E-state index in [0.29, 0.717) is 22.3 Å². The van der Waals surface area contributed by atoms with Crippen LogP contribution in [0.2, 0.25) is 0 Å². The van der Waals surface area contributed by atoms with Crippen molar-refractivity contribution in [3.63, 3.8) is 0 Å². The van der Waals surface area contributed by atoms with Gasteiger partial charge in [0, 0.05) is 11.8 Å². The van der Waals surface area contributed by atoms with Crippen molar-refractivity contribution in [3.8, 4) is 23.0 Å². The number of carbonyl (C=O) groups excluding carboxylic acids is 5. The molecule has 0 saturated carbocycles. The van der Waals surface area contributed by atoms with Gasteiger partial charge in [-0.2, -0.15) is 0 Å². The lowest BCUT2D eigenvalue weighted by Gasteiger charge is -2.34. The molecule has 0 aromatic heterocycles. The van der Waals surface area contributed by atoms with Gasteiger partial charge in [0.25, 0.3) is 0 Å². The molecule has 1 saturated heterocycles. The molecule has 0 unspecified atom stereocenters. The topological polar surface area (TPSA) is 132 Å². The first-order chi connectivity index (χ1) is 27.3.